The van der Waals surface area contributed by atoms with Gasteiger partial charge in [-0.25, -0.2) is 4.98 Å². The Bertz CT molecular complexity index is 356. The molecular weight excluding hydrogens is 291 g/mol. The summed E-state index contributed by atoms with van der Waals surface area (Å²) in [4.78, 5) is 15.5. The number of carbonyl (C=O) groups excluding carboxylic acids is 1. The number of rotatable bonds is 8. The Kier molecular flexibility index (Phi) is 8.35. The number of pyridine rings is 1. The molecule has 0 aliphatic carbocycles. The van der Waals surface area contributed by atoms with Gasteiger partial charge in [0, 0.05) is 19.3 Å². The lowest BCUT2D eigenvalue weighted by Gasteiger charge is -2.05. The molecule has 0 aliphatic rings. The largest absolute Gasteiger partial charge is 0.525 e. The van der Waals surface area contributed by atoms with Crippen LogP contribution in [0.25, 0.3) is 0 Å². The average molecular weight is 304 g/mol. The zero-order chi connectivity index (χ0) is 13.2. The predicted molar refractivity (Wildman–Crippen MR) is 78.5 cm³/mol. The van der Waals surface area contributed by atoms with Crippen LogP contribution in [0.4, 0.5) is 0 Å². The third-order valence-electron chi connectivity index (χ3n) is 1.66. The lowest BCUT2D eigenvalue weighted by molar-refractivity contribution is -0.118. The second-order valence-electron chi connectivity index (χ2n) is 3.06. The average Bonchev–Trinajstić information content (AvgIpc) is 2.36. The van der Waals surface area contributed by atoms with Crippen LogP contribution in [0.3, 0.4) is 0 Å². The van der Waals surface area contributed by atoms with E-state index < -0.39 is 6.40 Å². The van der Waals surface area contributed by atoms with Gasteiger partial charge in [0.2, 0.25) is 5.91 Å². The molecule has 1 amide bonds. The molecule has 1 aromatic heterocycles. The maximum absolute atomic E-state index is 11.4. The molecule has 1 aromatic rings. The summed E-state index contributed by atoms with van der Waals surface area (Å²) in [6, 6.07) is 5.63. The monoisotopic (exact) mass is 304 g/mol. The molecule has 0 bridgehead atoms. The summed E-state index contributed by atoms with van der Waals surface area (Å²) in [5.74, 6) is 0.255. The van der Waals surface area contributed by atoms with Crippen molar-refractivity contribution in [3.63, 3.8) is 0 Å². The Balaban J connectivity index is 2.03. The van der Waals surface area contributed by atoms with Gasteiger partial charge in [-0.2, -0.15) is 12.5 Å². The smallest absolute Gasteiger partial charge is 0.418 e. The van der Waals surface area contributed by atoms with Gasteiger partial charge < -0.3 is 15.0 Å². The second-order valence-corrected chi connectivity index (χ2v) is 5.82. The molecule has 98 valence electrons. The molecule has 0 fully saturated rings. The van der Waals surface area contributed by atoms with Crippen molar-refractivity contribution in [2.75, 3.05) is 18.9 Å². The van der Waals surface area contributed by atoms with E-state index in [0.717, 1.165) is 5.03 Å². The summed E-state index contributed by atoms with van der Waals surface area (Å²) < 4.78 is 4.75. The van der Waals surface area contributed by atoms with E-state index in [1.807, 2.05) is 18.2 Å². The molecule has 0 aliphatic heterocycles. The lowest BCUT2D eigenvalue weighted by atomic mass is 10.4. The first-order valence-electron chi connectivity index (χ1n) is 5.13. The van der Waals surface area contributed by atoms with Crippen molar-refractivity contribution in [1.82, 2.24) is 10.3 Å². The molecule has 9 heteroatoms. The van der Waals surface area contributed by atoms with E-state index in [1.54, 1.807) is 6.20 Å². The minimum absolute atomic E-state index is 0.0827. The molecule has 0 saturated heterocycles. The van der Waals surface area contributed by atoms with E-state index in [0.29, 0.717) is 12.3 Å². The molecule has 0 radical (unpaired) electrons. The van der Waals surface area contributed by atoms with Crippen molar-refractivity contribution in [2.24, 2.45) is 0 Å². The van der Waals surface area contributed by atoms with Crippen LogP contribution in [0, 0.1) is 0 Å². The molecule has 1 heterocycles. The fourth-order valence-corrected chi connectivity index (χ4v) is 2.83. The number of nitrogens with one attached hydrogen (secondary N) is 1. The zero-order valence-electron chi connectivity index (χ0n) is 9.48. The van der Waals surface area contributed by atoms with E-state index in [9.17, 15) is 4.79 Å². The van der Waals surface area contributed by atoms with Crippen LogP contribution >= 0.6 is 34.1 Å². The van der Waals surface area contributed by atoms with Crippen LogP contribution in [0.1, 0.15) is 0 Å². The summed E-state index contributed by atoms with van der Waals surface area (Å²) in [6.45, 7) is 0.583. The molecule has 0 unspecified atom stereocenters. The maximum Gasteiger partial charge on any atom is 0.525 e. The number of aromatic nitrogens is 1. The van der Waals surface area contributed by atoms with Crippen molar-refractivity contribution in [3.8, 4) is 0 Å². The Morgan fingerprint density at radius 3 is 3.11 bits per heavy atom. The molecule has 1 rings (SSSR count). The van der Waals surface area contributed by atoms with Crippen LogP contribution in [0.15, 0.2) is 29.4 Å². The fraction of sp³-hybridized carbons (Fsp3) is 0.333. The Labute approximate surface area is 119 Å². The summed E-state index contributed by atoms with van der Waals surface area (Å²) in [5.41, 5.74) is 0. The number of nitrogens with zero attached hydrogens (tertiary/aromatic N) is 1. The van der Waals surface area contributed by atoms with Gasteiger partial charge in [0.05, 0.1) is 5.75 Å². The van der Waals surface area contributed by atoms with Crippen LogP contribution < -0.4 is 5.32 Å². The normalized spacial score (nSPS) is 10.1. The van der Waals surface area contributed by atoms with Gasteiger partial charge in [0.25, 0.3) is 0 Å². The van der Waals surface area contributed by atoms with Gasteiger partial charge in [-0.3, -0.25) is 4.79 Å². The first kappa shape index (κ1) is 15.7. The van der Waals surface area contributed by atoms with Gasteiger partial charge in [0.15, 0.2) is 0 Å². The lowest BCUT2D eigenvalue weighted by Crippen LogP contribution is -2.29. The fourth-order valence-electron chi connectivity index (χ4n) is 0.946. The Morgan fingerprint density at radius 1 is 1.61 bits per heavy atom. The highest BCUT2D eigenvalue weighted by molar-refractivity contribution is 8.76. The summed E-state index contributed by atoms with van der Waals surface area (Å²) in [6.07, 6.45) is 0.610. The summed E-state index contributed by atoms with van der Waals surface area (Å²) >= 11 is 3.63. The van der Waals surface area contributed by atoms with E-state index in [4.69, 9.17) is 9.68 Å². The highest BCUT2D eigenvalue weighted by atomic mass is 33.1. The first-order valence-corrected chi connectivity index (χ1v) is 7.97. The minimum atomic E-state index is -1.10. The third-order valence-corrected chi connectivity index (χ3v) is 3.94. The van der Waals surface area contributed by atoms with Crippen LogP contribution in [-0.2, 0) is 9.45 Å². The number of hydrogen-bond acceptors (Lipinski definition) is 7. The van der Waals surface area contributed by atoms with Gasteiger partial charge in [0.1, 0.15) is 5.03 Å². The second kappa shape index (κ2) is 9.57. The highest BCUT2D eigenvalue weighted by Gasteiger charge is 2.06. The number of amides is 1. The summed E-state index contributed by atoms with van der Waals surface area (Å²) in [5, 5.41) is 12.2. The molecular formula is C9H13BN2O3S3. The van der Waals surface area contributed by atoms with E-state index >= 15 is 0 Å². The number of carbonyl (C=O) groups is 1. The van der Waals surface area contributed by atoms with Crippen LogP contribution in [-0.4, -0.2) is 41.2 Å². The number of thiol groups is 1. The van der Waals surface area contributed by atoms with Crippen LogP contribution in [0.2, 0.25) is 0 Å². The highest BCUT2D eigenvalue weighted by Crippen LogP contribution is 2.28. The Morgan fingerprint density at radius 2 is 2.44 bits per heavy atom. The number of hydrogen-bond donors (Lipinski definition) is 3. The van der Waals surface area contributed by atoms with Gasteiger partial charge in [-0.15, -0.1) is 0 Å². The topological polar surface area (TPSA) is 71.5 Å². The van der Waals surface area contributed by atoms with Crippen molar-refractivity contribution in [2.45, 2.75) is 5.03 Å². The molecule has 0 spiro atoms. The molecule has 18 heavy (non-hydrogen) atoms. The van der Waals surface area contributed by atoms with Crippen LogP contribution in [0.5, 0.6) is 0 Å². The first-order chi connectivity index (χ1) is 8.68. The van der Waals surface area contributed by atoms with Crippen molar-refractivity contribution < 1.29 is 14.5 Å². The van der Waals surface area contributed by atoms with E-state index in [-0.39, 0.29) is 12.5 Å². The van der Waals surface area contributed by atoms with Crippen molar-refractivity contribution >= 4 is 46.4 Å². The molecule has 0 saturated carbocycles. The van der Waals surface area contributed by atoms with E-state index in [1.165, 1.54) is 21.6 Å². The van der Waals surface area contributed by atoms with Crippen molar-refractivity contribution in [1.29, 1.82) is 0 Å². The predicted octanol–water partition coefficient (Wildman–Crippen LogP) is 0.862. The Hall–Kier alpha value is -0.345. The minimum Gasteiger partial charge on any atom is -0.418 e. The zero-order valence-corrected chi connectivity index (χ0v) is 12.0. The molecule has 0 aromatic carbocycles. The van der Waals surface area contributed by atoms with Gasteiger partial charge in [-0.05, 0) is 22.9 Å². The SMILES string of the molecule is O=C(CSSc1ccccn1)NCCOB(O)S. The molecule has 0 atom stereocenters. The quantitative estimate of drug-likeness (QED) is 0.286. The maximum atomic E-state index is 11.4. The third kappa shape index (κ3) is 7.88. The van der Waals surface area contributed by atoms with Gasteiger partial charge >= 0.3 is 6.40 Å². The molecule has 5 nitrogen and oxygen atoms in total. The van der Waals surface area contributed by atoms with E-state index in [2.05, 4.69) is 22.8 Å². The van der Waals surface area contributed by atoms with Crippen molar-refractivity contribution in [3.05, 3.63) is 24.4 Å². The summed E-state index contributed by atoms with van der Waals surface area (Å²) in [7, 11) is 2.87. The van der Waals surface area contributed by atoms with Gasteiger partial charge in [-0.1, -0.05) is 16.9 Å². The standard InChI is InChI=1S/C9H13BN2O3S3/c13-8(11-5-6-15-10(14)16)7-17-18-9-3-1-2-4-12-9/h1-4,14,16H,5-7H2,(H,11,13). The molecule has 2 N–H and O–H groups in total.